The fraction of sp³-hybridized carbons (Fsp3) is 0.385. The molecule has 92 valence electrons. The van der Waals surface area contributed by atoms with E-state index in [4.69, 9.17) is 0 Å². The van der Waals surface area contributed by atoms with Crippen molar-refractivity contribution in [3.05, 3.63) is 24.7 Å². The number of nitrogens with one attached hydrogen (secondary N) is 1. The van der Waals surface area contributed by atoms with E-state index in [0.29, 0.717) is 0 Å². The molecule has 1 fully saturated rings. The van der Waals surface area contributed by atoms with Crippen LogP contribution in [0.25, 0.3) is 16.8 Å². The standard InChI is InChI=1S/C13H15N5/c1-2-6-17(7-3-1)12-9-15-11-8-16-13-10(18(11)12)4-5-14-13/h4-5,8-9,14H,1-3,6-7H2. The summed E-state index contributed by atoms with van der Waals surface area (Å²) >= 11 is 0. The second-order valence-corrected chi connectivity index (χ2v) is 4.83. The van der Waals surface area contributed by atoms with Gasteiger partial charge in [-0.2, -0.15) is 0 Å². The lowest BCUT2D eigenvalue weighted by molar-refractivity contribution is 0.573. The Bertz CT molecular complexity index is 690. The molecule has 0 spiro atoms. The van der Waals surface area contributed by atoms with Crippen molar-refractivity contribution in [3.63, 3.8) is 0 Å². The van der Waals surface area contributed by atoms with Gasteiger partial charge in [-0.1, -0.05) is 0 Å². The van der Waals surface area contributed by atoms with Crippen molar-refractivity contribution in [2.24, 2.45) is 0 Å². The molecule has 0 aromatic carbocycles. The third-order valence-electron chi connectivity index (χ3n) is 3.70. The molecule has 5 heteroatoms. The van der Waals surface area contributed by atoms with E-state index < -0.39 is 0 Å². The van der Waals surface area contributed by atoms with Gasteiger partial charge in [-0.3, -0.25) is 4.40 Å². The monoisotopic (exact) mass is 241 g/mol. The van der Waals surface area contributed by atoms with Crippen molar-refractivity contribution < 1.29 is 0 Å². The van der Waals surface area contributed by atoms with E-state index in [1.54, 1.807) is 0 Å². The molecule has 0 bridgehead atoms. The van der Waals surface area contributed by atoms with Crippen LogP contribution in [0.15, 0.2) is 24.7 Å². The van der Waals surface area contributed by atoms with E-state index >= 15 is 0 Å². The topological polar surface area (TPSA) is 49.2 Å². The lowest BCUT2D eigenvalue weighted by Crippen LogP contribution is -2.30. The van der Waals surface area contributed by atoms with Crippen LogP contribution in [0.3, 0.4) is 0 Å². The van der Waals surface area contributed by atoms with E-state index in [2.05, 4.69) is 30.3 Å². The van der Waals surface area contributed by atoms with Gasteiger partial charge in [0.1, 0.15) is 5.82 Å². The smallest absolute Gasteiger partial charge is 0.157 e. The number of aromatic nitrogens is 4. The molecule has 0 unspecified atom stereocenters. The van der Waals surface area contributed by atoms with E-state index in [1.165, 1.54) is 25.1 Å². The number of fused-ring (bicyclic) bond motifs is 3. The van der Waals surface area contributed by atoms with Crippen molar-refractivity contribution in [2.45, 2.75) is 19.3 Å². The molecule has 0 saturated carbocycles. The number of rotatable bonds is 1. The first-order valence-corrected chi connectivity index (χ1v) is 6.48. The quantitative estimate of drug-likeness (QED) is 0.710. The molecule has 1 saturated heterocycles. The van der Waals surface area contributed by atoms with E-state index in [9.17, 15) is 0 Å². The van der Waals surface area contributed by atoms with Gasteiger partial charge in [-0.25, -0.2) is 9.97 Å². The minimum Gasteiger partial charge on any atom is -0.356 e. The van der Waals surface area contributed by atoms with Crippen LogP contribution in [0.2, 0.25) is 0 Å². The third-order valence-corrected chi connectivity index (χ3v) is 3.70. The zero-order chi connectivity index (χ0) is 11.9. The molecular weight excluding hydrogens is 226 g/mol. The fourth-order valence-electron chi connectivity index (χ4n) is 2.80. The van der Waals surface area contributed by atoms with Gasteiger partial charge in [-0.15, -0.1) is 0 Å². The Morgan fingerprint density at radius 1 is 1.06 bits per heavy atom. The van der Waals surface area contributed by atoms with Crippen molar-refractivity contribution in [1.29, 1.82) is 0 Å². The summed E-state index contributed by atoms with van der Waals surface area (Å²) in [6.07, 6.45) is 9.61. The Labute approximate surface area is 104 Å². The summed E-state index contributed by atoms with van der Waals surface area (Å²) in [4.78, 5) is 14.4. The van der Waals surface area contributed by atoms with Crippen LogP contribution in [-0.4, -0.2) is 32.4 Å². The van der Waals surface area contributed by atoms with Crippen LogP contribution in [0, 0.1) is 0 Å². The molecular formula is C13H15N5. The van der Waals surface area contributed by atoms with Crippen LogP contribution >= 0.6 is 0 Å². The number of piperidine rings is 1. The highest BCUT2D eigenvalue weighted by molar-refractivity contribution is 5.77. The van der Waals surface area contributed by atoms with Crippen molar-refractivity contribution >= 4 is 22.6 Å². The number of nitrogens with zero attached hydrogens (tertiary/aromatic N) is 4. The molecule has 0 aliphatic carbocycles. The predicted octanol–water partition coefficient (Wildman–Crippen LogP) is 2.20. The highest BCUT2D eigenvalue weighted by Gasteiger charge is 2.16. The summed E-state index contributed by atoms with van der Waals surface area (Å²) in [6, 6.07) is 2.06. The SMILES string of the molecule is c1cc2c(ncc3ncc(N4CCCCC4)n32)[nH]1. The van der Waals surface area contributed by atoms with Crippen LogP contribution in [0.1, 0.15) is 19.3 Å². The zero-order valence-electron chi connectivity index (χ0n) is 10.1. The lowest BCUT2D eigenvalue weighted by atomic mass is 10.1. The number of H-pyrrole nitrogens is 1. The molecule has 3 aromatic rings. The minimum atomic E-state index is 0.916. The first kappa shape index (κ1) is 9.94. The maximum atomic E-state index is 4.47. The molecule has 4 heterocycles. The van der Waals surface area contributed by atoms with Crippen molar-refractivity contribution in [3.8, 4) is 0 Å². The van der Waals surface area contributed by atoms with Gasteiger partial charge in [0.05, 0.1) is 17.9 Å². The third kappa shape index (κ3) is 1.33. The highest BCUT2D eigenvalue weighted by Crippen LogP contribution is 2.24. The van der Waals surface area contributed by atoms with Gasteiger partial charge < -0.3 is 9.88 Å². The normalized spacial score (nSPS) is 16.8. The average Bonchev–Trinajstić information content (AvgIpc) is 3.05. The molecule has 18 heavy (non-hydrogen) atoms. The first-order chi connectivity index (χ1) is 8.93. The second kappa shape index (κ2) is 3.73. The van der Waals surface area contributed by atoms with Gasteiger partial charge in [0.2, 0.25) is 0 Å². The molecule has 1 N–H and O–H groups in total. The number of anilines is 1. The Morgan fingerprint density at radius 3 is 2.83 bits per heavy atom. The molecule has 1 aliphatic heterocycles. The molecule has 0 radical (unpaired) electrons. The summed E-state index contributed by atoms with van der Waals surface area (Å²) in [5.74, 6) is 1.19. The summed E-state index contributed by atoms with van der Waals surface area (Å²) in [6.45, 7) is 2.25. The first-order valence-electron chi connectivity index (χ1n) is 6.48. The van der Waals surface area contributed by atoms with Gasteiger partial charge in [-0.05, 0) is 25.3 Å². The Morgan fingerprint density at radius 2 is 1.94 bits per heavy atom. The molecule has 4 rings (SSSR count). The summed E-state index contributed by atoms with van der Waals surface area (Å²) in [5, 5.41) is 0. The Kier molecular flexibility index (Phi) is 2.06. The van der Waals surface area contributed by atoms with Gasteiger partial charge in [0, 0.05) is 19.3 Å². The maximum Gasteiger partial charge on any atom is 0.157 e. The molecule has 0 atom stereocenters. The summed E-state index contributed by atoms with van der Waals surface area (Å²) in [5.41, 5.74) is 2.94. The van der Waals surface area contributed by atoms with E-state index in [0.717, 1.165) is 29.9 Å². The van der Waals surface area contributed by atoms with E-state index in [1.807, 2.05) is 18.6 Å². The fourth-order valence-corrected chi connectivity index (χ4v) is 2.80. The van der Waals surface area contributed by atoms with Crippen molar-refractivity contribution in [2.75, 3.05) is 18.0 Å². The van der Waals surface area contributed by atoms with E-state index in [-0.39, 0.29) is 0 Å². The number of imidazole rings is 1. The van der Waals surface area contributed by atoms with Gasteiger partial charge in [0.15, 0.2) is 11.3 Å². The number of aromatic amines is 1. The largest absolute Gasteiger partial charge is 0.356 e. The highest BCUT2D eigenvalue weighted by atomic mass is 15.3. The van der Waals surface area contributed by atoms with Crippen LogP contribution < -0.4 is 4.90 Å². The Balaban J connectivity index is 1.96. The van der Waals surface area contributed by atoms with Crippen molar-refractivity contribution in [1.82, 2.24) is 19.4 Å². The predicted molar refractivity (Wildman–Crippen MR) is 70.9 cm³/mol. The number of hydrogen-bond acceptors (Lipinski definition) is 3. The molecule has 3 aromatic heterocycles. The lowest BCUT2D eigenvalue weighted by Gasteiger charge is -2.27. The molecule has 5 nitrogen and oxygen atoms in total. The summed E-state index contributed by atoms with van der Waals surface area (Å²) < 4.78 is 2.20. The van der Waals surface area contributed by atoms with Crippen LogP contribution in [-0.2, 0) is 0 Å². The average molecular weight is 241 g/mol. The van der Waals surface area contributed by atoms with Gasteiger partial charge in [0.25, 0.3) is 0 Å². The molecule has 0 amide bonds. The van der Waals surface area contributed by atoms with Crippen LogP contribution in [0.4, 0.5) is 5.82 Å². The number of hydrogen-bond donors (Lipinski definition) is 1. The zero-order valence-corrected chi connectivity index (χ0v) is 10.1. The second-order valence-electron chi connectivity index (χ2n) is 4.83. The van der Waals surface area contributed by atoms with Crippen LogP contribution in [0.5, 0.6) is 0 Å². The maximum absolute atomic E-state index is 4.47. The minimum absolute atomic E-state index is 0.916. The van der Waals surface area contributed by atoms with Gasteiger partial charge >= 0.3 is 0 Å². The summed E-state index contributed by atoms with van der Waals surface area (Å²) in [7, 11) is 0. The molecule has 1 aliphatic rings. The Hall–Kier alpha value is -2.04.